The highest BCUT2D eigenvalue weighted by Gasteiger charge is 2.13. The number of aryl methyl sites for hydroxylation is 1. The van der Waals surface area contributed by atoms with Gasteiger partial charge in [-0.1, -0.05) is 57.8 Å². The van der Waals surface area contributed by atoms with Gasteiger partial charge in [0, 0.05) is 17.8 Å². The van der Waals surface area contributed by atoms with Gasteiger partial charge < -0.3 is 5.32 Å². The van der Waals surface area contributed by atoms with Crippen molar-refractivity contribution in [3.8, 4) is 0 Å². The van der Waals surface area contributed by atoms with Crippen molar-refractivity contribution in [1.82, 2.24) is 19.6 Å². The van der Waals surface area contributed by atoms with Crippen LogP contribution in [0.1, 0.15) is 76.3 Å². The first-order valence-corrected chi connectivity index (χ1v) is 9.27. The van der Waals surface area contributed by atoms with Crippen molar-refractivity contribution in [2.24, 2.45) is 0 Å². The quantitative estimate of drug-likeness (QED) is 0.885. The van der Waals surface area contributed by atoms with Crippen molar-refractivity contribution in [2.75, 3.05) is 5.32 Å². The van der Waals surface area contributed by atoms with E-state index in [9.17, 15) is 0 Å². The molecule has 126 valence electrons. The van der Waals surface area contributed by atoms with Gasteiger partial charge >= 0.3 is 0 Å². The fourth-order valence-corrected chi connectivity index (χ4v) is 3.55. The second kappa shape index (κ2) is 8.27. The zero-order valence-electron chi connectivity index (χ0n) is 14.3. The van der Waals surface area contributed by atoms with Crippen molar-refractivity contribution in [3.05, 3.63) is 18.1 Å². The first-order valence-electron chi connectivity index (χ1n) is 9.27. The molecule has 0 unspecified atom stereocenters. The van der Waals surface area contributed by atoms with E-state index in [1.807, 2.05) is 11.4 Å². The van der Waals surface area contributed by atoms with Crippen molar-refractivity contribution >= 4 is 11.6 Å². The maximum Gasteiger partial charge on any atom is 0.254 e. The van der Waals surface area contributed by atoms with Crippen LogP contribution in [0.3, 0.4) is 0 Å². The van der Waals surface area contributed by atoms with Gasteiger partial charge in [0.1, 0.15) is 12.1 Å². The number of aromatic nitrogens is 4. The lowest BCUT2D eigenvalue weighted by Crippen LogP contribution is -2.22. The molecule has 0 spiro atoms. The monoisotopic (exact) mass is 315 g/mol. The third kappa shape index (κ3) is 4.66. The summed E-state index contributed by atoms with van der Waals surface area (Å²) in [5.41, 5.74) is 0.987. The average molecular weight is 315 g/mol. The molecule has 0 atom stereocenters. The average Bonchev–Trinajstić information content (AvgIpc) is 2.98. The predicted octanol–water partition coefficient (Wildman–Crippen LogP) is 4.52. The predicted molar refractivity (Wildman–Crippen MR) is 93.7 cm³/mol. The van der Waals surface area contributed by atoms with E-state index >= 15 is 0 Å². The minimum absolute atomic E-state index is 0.531. The zero-order chi connectivity index (χ0) is 15.9. The summed E-state index contributed by atoms with van der Waals surface area (Å²) in [6.45, 7) is 2.01. The summed E-state index contributed by atoms with van der Waals surface area (Å²) in [5.74, 6) is 1.71. The van der Waals surface area contributed by atoms with E-state index in [-0.39, 0.29) is 0 Å². The maximum atomic E-state index is 4.42. The first kappa shape index (κ1) is 16.2. The Labute approximate surface area is 138 Å². The van der Waals surface area contributed by atoms with E-state index in [2.05, 4.69) is 26.4 Å². The molecular weight excluding hydrogens is 286 g/mol. The molecule has 2 heterocycles. The van der Waals surface area contributed by atoms with Crippen LogP contribution in [0, 0.1) is 6.92 Å². The van der Waals surface area contributed by atoms with E-state index in [4.69, 9.17) is 0 Å². The second-order valence-corrected chi connectivity index (χ2v) is 6.86. The highest BCUT2D eigenvalue weighted by molar-refractivity contribution is 5.45. The van der Waals surface area contributed by atoms with Crippen LogP contribution >= 0.6 is 0 Å². The van der Waals surface area contributed by atoms with E-state index < -0.39 is 0 Å². The second-order valence-electron chi connectivity index (χ2n) is 6.86. The summed E-state index contributed by atoms with van der Waals surface area (Å²) < 4.78 is 1.82. The highest BCUT2D eigenvalue weighted by atomic mass is 15.4. The Morgan fingerprint density at radius 3 is 2.22 bits per heavy atom. The molecule has 0 radical (unpaired) electrons. The molecule has 0 aliphatic heterocycles. The van der Waals surface area contributed by atoms with Gasteiger partial charge in [-0.15, -0.1) is 0 Å². The van der Waals surface area contributed by atoms with Gasteiger partial charge in [-0.05, 0) is 19.8 Å². The van der Waals surface area contributed by atoms with Crippen molar-refractivity contribution < 1.29 is 0 Å². The van der Waals surface area contributed by atoms with Crippen LogP contribution in [0.4, 0.5) is 5.82 Å². The minimum Gasteiger partial charge on any atom is -0.367 e. The molecule has 23 heavy (non-hydrogen) atoms. The van der Waals surface area contributed by atoms with Gasteiger partial charge in [-0.2, -0.15) is 14.6 Å². The van der Waals surface area contributed by atoms with E-state index in [0.29, 0.717) is 11.8 Å². The van der Waals surface area contributed by atoms with Crippen molar-refractivity contribution in [1.29, 1.82) is 0 Å². The summed E-state index contributed by atoms with van der Waals surface area (Å²) in [7, 11) is 0. The highest BCUT2D eigenvalue weighted by Crippen LogP contribution is 2.20. The van der Waals surface area contributed by atoms with Gasteiger partial charge in [-0.25, -0.2) is 4.98 Å². The molecule has 2 aromatic rings. The number of nitrogens with zero attached hydrogens (tertiary/aromatic N) is 4. The number of hydrogen-bond donors (Lipinski definition) is 1. The Morgan fingerprint density at radius 1 is 0.957 bits per heavy atom. The van der Waals surface area contributed by atoms with Crippen LogP contribution in [0.15, 0.2) is 12.4 Å². The van der Waals surface area contributed by atoms with Crippen LogP contribution < -0.4 is 5.32 Å². The van der Waals surface area contributed by atoms with Crippen LogP contribution in [0.25, 0.3) is 5.78 Å². The molecule has 0 aromatic carbocycles. The molecule has 1 N–H and O–H groups in total. The fourth-order valence-electron chi connectivity index (χ4n) is 3.55. The Hall–Kier alpha value is -1.65. The first-order chi connectivity index (χ1) is 11.3. The Balaban J connectivity index is 1.68. The molecule has 5 heteroatoms. The smallest absolute Gasteiger partial charge is 0.254 e. The molecule has 0 saturated heterocycles. The largest absolute Gasteiger partial charge is 0.367 e. The van der Waals surface area contributed by atoms with E-state index in [1.165, 1.54) is 70.6 Å². The SMILES string of the molecule is Cc1cc(NC2CCCCCCCCCCC2)n2ncnc2n1. The van der Waals surface area contributed by atoms with Gasteiger partial charge in [0.15, 0.2) is 0 Å². The number of fused-ring (bicyclic) bond motifs is 1. The lowest BCUT2D eigenvalue weighted by molar-refractivity contribution is 0.479. The van der Waals surface area contributed by atoms with Gasteiger partial charge in [0.05, 0.1) is 0 Å². The molecule has 3 rings (SSSR count). The molecule has 0 amide bonds. The summed E-state index contributed by atoms with van der Waals surface area (Å²) >= 11 is 0. The van der Waals surface area contributed by atoms with Crippen LogP contribution in [-0.4, -0.2) is 25.6 Å². The zero-order valence-corrected chi connectivity index (χ0v) is 14.3. The van der Waals surface area contributed by atoms with E-state index in [0.717, 1.165) is 11.5 Å². The lowest BCUT2D eigenvalue weighted by Gasteiger charge is -2.21. The normalized spacial score (nSPS) is 19.2. The Morgan fingerprint density at radius 2 is 1.57 bits per heavy atom. The van der Waals surface area contributed by atoms with Crippen molar-refractivity contribution in [2.45, 2.75) is 83.6 Å². The Bertz CT molecular complexity index is 594. The Kier molecular flexibility index (Phi) is 5.83. The molecule has 2 aromatic heterocycles. The van der Waals surface area contributed by atoms with Gasteiger partial charge in [0.2, 0.25) is 0 Å². The number of hydrogen-bond acceptors (Lipinski definition) is 4. The molecule has 0 bridgehead atoms. The lowest BCUT2D eigenvalue weighted by atomic mass is 9.98. The summed E-state index contributed by atoms with van der Waals surface area (Å²) in [6.07, 6.45) is 16.5. The number of rotatable bonds is 2. The maximum absolute atomic E-state index is 4.42. The van der Waals surface area contributed by atoms with Crippen LogP contribution in [0.5, 0.6) is 0 Å². The minimum atomic E-state index is 0.531. The van der Waals surface area contributed by atoms with E-state index in [1.54, 1.807) is 6.33 Å². The summed E-state index contributed by atoms with van der Waals surface area (Å²) in [5, 5.41) is 8.03. The molecule has 1 aliphatic carbocycles. The number of nitrogens with one attached hydrogen (secondary N) is 1. The van der Waals surface area contributed by atoms with Crippen LogP contribution in [-0.2, 0) is 0 Å². The topological polar surface area (TPSA) is 55.1 Å². The standard InChI is InChI=1S/C18H29N5/c1-15-13-17(23-18(21-15)19-14-20-23)22-16-11-9-7-5-3-2-4-6-8-10-12-16/h13-14,16,22H,2-12H2,1H3. The van der Waals surface area contributed by atoms with Gasteiger partial charge in [-0.3, -0.25) is 0 Å². The third-order valence-corrected chi connectivity index (χ3v) is 4.84. The molecule has 1 fully saturated rings. The molecule has 1 saturated carbocycles. The van der Waals surface area contributed by atoms with Crippen molar-refractivity contribution in [3.63, 3.8) is 0 Å². The number of anilines is 1. The fraction of sp³-hybridized carbons (Fsp3) is 0.722. The summed E-state index contributed by atoms with van der Waals surface area (Å²) in [4.78, 5) is 8.64. The molecular formula is C18H29N5. The molecule has 5 nitrogen and oxygen atoms in total. The summed E-state index contributed by atoms with van der Waals surface area (Å²) in [6, 6.07) is 2.61. The van der Waals surface area contributed by atoms with Gasteiger partial charge in [0.25, 0.3) is 5.78 Å². The third-order valence-electron chi connectivity index (χ3n) is 4.84. The van der Waals surface area contributed by atoms with Crippen LogP contribution in [0.2, 0.25) is 0 Å². The molecule has 1 aliphatic rings.